The van der Waals surface area contributed by atoms with Crippen molar-refractivity contribution < 1.29 is 37.7 Å². The van der Waals surface area contributed by atoms with Gasteiger partial charge in [0.15, 0.2) is 0 Å². The number of halogens is 2. The number of hydrogen-bond acceptors (Lipinski definition) is 5. The molecule has 1 aliphatic heterocycles. The molecule has 0 aromatic heterocycles. The molecule has 1 heterocycles. The molecule has 0 radical (unpaired) electrons. The minimum atomic E-state index is -3.33. The third kappa shape index (κ3) is 4.58. The van der Waals surface area contributed by atoms with Crippen molar-refractivity contribution in [3.63, 3.8) is 0 Å². The van der Waals surface area contributed by atoms with Gasteiger partial charge in [-0.15, -0.1) is 0 Å². The number of nitrogens with one attached hydrogen (secondary N) is 1. The molecule has 2 N–H and O–H groups in total. The lowest BCUT2D eigenvalue weighted by atomic mass is 9.98. The number of likely N-dealkylation sites (tertiary alicyclic amines) is 1. The highest BCUT2D eigenvalue weighted by Crippen LogP contribution is 2.44. The van der Waals surface area contributed by atoms with Crippen molar-refractivity contribution >= 4 is 18.0 Å². The van der Waals surface area contributed by atoms with Crippen LogP contribution in [0.15, 0.2) is 48.5 Å². The Morgan fingerprint density at radius 2 is 1.71 bits per heavy atom. The number of hydrogen-bond donors (Lipinski definition) is 2. The molecule has 0 saturated carbocycles. The Hall–Kier alpha value is -3.53. The molecule has 1 aliphatic carbocycles. The minimum absolute atomic E-state index is 0.00666. The van der Waals surface area contributed by atoms with E-state index in [0.717, 1.165) is 22.3 Å². The first kappa shape index (κ1) is 23.6. The molecule has 8 nitrogen and oxygen atoms in total. The van der Waals surface area contributed by atoms with Gasteiger partial charge < -0.3 is 24.8 Å². The molecule has 0 spiro atoms. The highest BCUT2D eigenvalue weighted by atomic mass is 19.3. The number of nitrogens with zero attached hydrogens (tertiary/aromatic N) is 1. The maximum Gasteiger partial charge on any atom is 0.407 e. The summed E-state index contributed by atoms with van der Waals surface area (Å²) in [7, 11) is 1.27. The van der Waals surface area contributed by atoms with E-state index in [9.17, 15) is 28.3 Å². The summed E-state index contributed by atoms with van der Waals surface area (Å²) in [6, 6.07) is 12.5. The molecule has 1 unspecified atom stereocenters. The molecule has 180 valence electrons. The molecule has 34 heavy (non-hydrogen) atoms. The van der Waals surface area contributed by atoms with Crippen LogP contribution in [-0.4, -0.2) is 72.9 Å². The van der Waals surface area contributed by atoms with Gasteiger partial charge >= 0.3 is 12.1 Å². The fourth-order valence-electron chi connectivity index (χ4n) is 4.59. The van der Waals surface area contributed by atoms with E-state index in [2.05, 4.69) is 5.32 Å². The summed E-state index contributed by atoms with van der Waals surface area (Å²) in [5.74, 6) is -6.05. The number of methoxy groups -OCH3 is 1. The largest absolute Gasteiger partial charge is 0.480 e. The Bertz CT molecular complexity index is 1060. The molecule has 2 aliphatic rings. The number of carboxylic acids is 1. The van der Waals surface area contributed by atoms with E-state index in [-0.39, 0.29) is 19.1 Å². The topological polar surface area (TPSA) is 105 Å². The molecule has 2 aromatic carbocycles. The van der Waals surface area contributed by atoms with Crippen molar-refractivity contribution in [2.24, 2.45) is 0 Å². The SMILES string of the molecule is COC[C@H](NC(=O)OCC1c2ccccc2-c2ccccc21)C(=O)N1CC(F)(F)CC1C(=O)O. The molecule has 0 bridgehead atoms. The number of alkyl halides is 2. The van der Waals surface area contributed by atoms with Crippen LogP contribution in [0.2, 0.25) is 0 Å². The number of carbonyl (C=O) groups excluding carboxylic acids is 2. The summed E-state index contributed by atoms with van der Waals surface area (Å²) in [6.45, 7) is -1.39. The highest BCUT2D eigenvalue weighted by molar-refractivity contribution is 5.90. The second kappa shape index (κ2) is 9.38. The number of fused-ring (bicyclic) bond motifs is 3. The molecule has 2 amide bonds. The van der Waals surface area contributed by atoms with Crippen molar-refractivity contribution in [3.05, 3.63) is 59.7 Å². The molecule has 1 fully saturated rings. The Morgan fingerprint density at radius 1 is 1.12 bits per heavy atom. The van der Waals surface area contributed by atoms with E-state index in [1.54, 1.807) is 0 Å². The average molecular weight is 474 g/mol. The van der Waals surface area contributed by atoms with Gasteiger partial charge in [-0.25, -0.2) is 18.4 Å². The summed E-state index contributed by atoms with van der Waals surface area (Å²) < 4.78 is 38.0. The molecule has 4 rings (SSSR count). The van der Waals surface area contributed by atoms with Crippen LogP contribution in [0.5, 0.6) is 0 Å². The zero-order valence-corrected chi connectivity index (χ0v) is 18.4. The lowest BCUT2D eigenvalue weighted by molar-refractivity contribution is -0.149. The first-order valence-electron chi connectivity index (χ1n) is 10.7. The maximum absolute atomic E-state index is 13.8. The lowest BCUT2D eigenvalue weighted by Crippen LogP contribution is -2.53. The second-order valence-corrected chi connectivity index (χ2v) is 8.36. The van der Waals surface area contributed by atoms with Gasteiger partial charge in [0, 0.05) is 19.4 Å². The smallest absolute Gasteiger partial charge is 0.407 e. The van der Waals surface area contributed by atoms with Gasteiger partial charge in [-0.3, -0.25) is 4.79 Å². The van der Waals surface area contributed by atoms with Crippen LogP contribution in [0.25, 0.3) is 11.1 Å². The maximum atomic E-state index is 13.8. The standard InChI is InChI=1S/C24H24F2N2O6/c1-33-12-19(21(29)28-13-24(25,26)10-20(28)22(30)31)27-23(32)34-11-18-16-8-4-2-6-14(16)15-7-3-5-9-17(15)18/h2-9,18-20H,10-13H2,1H3,(H,27,32)(H,30,31)/t19-,20?/m0/s1. The van der Waals surface area contributed by atoms with Gasteiger partial charge in [-0.1, -0.05) is 48.5 Å². The van der Waals surface area contributed by atoms with E-state index in [1.165, 1.54) is 7.11 Å². The summed E-state index contributed by atoms with van der Waals surface area (Å²) in [5, 5.41) is 11.6. The highest BCUT2D eigenvalue weighted by Gasteiger charge is 2.51. The summed E-state index contributed by atoms with van der Waals surface area (Å²) >= 11 is 0. The van der Waals surface area contributed by atoms with Crippen molar-refractivity contribution in [1.82, 2.24) is 10.2 Å². The van der Waals surface area contributed by atoms with Crippen molar-refractivity contribution in [2.75, 3.05) is 26.9 Å². The van der Waals surface area contributed by atoms with Gasteiger partial charge in [0.25, 0.3) is 5.92 Å². The van der Waals surface area contributed by atoms with E-state index in [1.807, 2.05) is 48.5 Å². The van der Waals surface area contributed by atoms with Crippen LogP contribution in [-0.2, 0) is 19.1 Å². The zero-order valence-electron chi connectivity index (χ0n) is 18.4. The molecule has 1 saturated heterocycles. The Kier molecular flexibility index (Phi) is 6.52. The van der Waals surface area contributed by atoms with Crippen LogP contribution in [0.4, 0.5) is 13.6 Å². The number of alkyl carbamates (subject to hydrolysis) is 1. The molecule has 2 aromatic rings. The molecule has 2 atom stereocenters. The monoisotopic (exact) mass is 474 g/mol. The average Bonchev–Trinajstić information content (AvgIpc) is 3.31. The predicted octanol–water partition coefficient (Wildman–Crippen LogP) is 2.86. The van der Waals surface area contributed by atoms with Crippen LogP contribution in [0.1, 0.15) is 23.5 Å². The van der Waals surface area contributed by atoms with Crippen molar-refractivity contribution in [1.29, 1.82) is 0 Å². The number of carbonyl (C=O) groups is 3. The van der Waals surface area contributed by atoms with E-state index >= 15 is 0 Å². The molecular formula is C24H24F2N2O6. The third-order valence-corrected chi connectivity index (χ3v) is 6.11. The fourth-order valence-corrected chi connectivity index (χ4v) is 4.59. The van der Waals surface area contributed by atoms with Gasteiger partial charge in [0.05, 0.1) is 13.2 Å². The number of amides is 2. The van der Waals surface area contributed by atoms with E-state index < -0.39 is 48.9 Å². The Balaban J connectivity index is 1.44. The van der Waals surface area contributed by atoms with Crippen LogP contribution >= 0.6 is 0 Å². The quantitative estimate of drug-likeness (QED) is 0.640. The summed E-state index contributed by atoms with van der Waals surface area (Å²) in [5.41, 5.74) is 4.11. The number of rotatable bonds is 7. The third-order valence-electron chi connectivity index (χ3n) is 6.11. The predicted molar refractivity (Wildman–Crippen MR) is 117 cm³/mol. The minimum Gasteiger partial charge on any atom is -0.480 e. The normalized spacial score (nSPS) is 19.3. The first-order chi connectivity index (χ1) is 16.2. The zero-order chi connectivity index (χ0) is 24.5. The Labute approximate surface area is 194 Å². The first-order valence-corrected chi connectivity index (χ1v) is 10.7. The molecule has 10 heteroatoms. The Morgan fingerprint density at radius 3 is 2.26 bits per heavy atom. The number of ether oxygens (including phenoxy) is 2. The second-order valence-electron chi connectivity index (χ2n) is 8.36. The molecular weight excluding hydrogens is 450 g/mol. The van der Waals surface area contributed by atoms with E-state index in [0.29, 0.717) is 4.90 Å². The van der Waals surface area contributed by atoms with Gasteiger partial charge in [-0.2, -0.15) is 0 Å². The summed E-state index contributed by atoms with van der Waals surface area (Å²) in [6.07, 6.45) is -1.92. The number of benzene rings is 2. The number of aliphatic carboxylic acids is 1. The van der Waals surface area contributed by atoms with Gasteiger partial charge in [0.2, 0.25) is 5.91 Å². The van der Waals surface area contributed by atoms with Crippen LogP contribution in [0, 0.1) is 0 Å². The van der Waals surface area contributed by atoms with Gasteiger partial charge in [0.1, 0.15) is 18.7 Å². The van der Waals surface area contributed by atoms with E-state index in [4.69, 9.17) is 9.47 Å². The van der Waals surface area contributed by atoms with Crippen molar-refractivity contribution in [3.8, 4) is 11.1 Å². The van der Waals surface area contributed by atoms with Gasteiger partial charge in [-0.05, 0) is 22.3 Å². The van der Waals surface area contributed by atoms with Crippen LogP contribution in [0.3, 0.4) is 0 Å². The number of carboxylic acid groups (broad SMARTS) is 1. The summed E-state index contributed by atoms with van der Waals surface area (Å²) in [4.78, 5) is 37.3. The fraction of sp³-hybridized carbons (Fsp3) is 0.375. The lowest BCUT2D eigenvalue weighted by Gasteiger charge is -2.26. The van der Waals surface area contributed by atoms with Crippen molar-refractivity contribution in [2.45, 2.75) is 30.3 Å². The van der Waals surface area contributed by atoms with Crippen LogP contribution < -0.4 is 5.32 Å².